The van der Waals surface area contributed by atoms with Crippen LogP contribution in [0, 0.1) is 0 Å². The lowest BCUT2D eigenvalue weighted by Gasteiger charge is -2.14. The second-order valence-electron chi connectivity index (χ2n) is 5.98. The minimum atomic E-state index is -4.49. The third-order valence-corrected chi connectivity index (χ3v) is 3.66. The van der Waals surface area contributed by atoms with Crippen LogP contribution in [0.2, 0.25) is 0 Å². The number of hydrogen-bond acceptors (Lipinski definition) is 4. The number of hydrogen-bond donors (Lipinski definition) is 1. The number of benzene rings is 2. The Morgan fingerprint density at radius 3 is 2.39 bits per heavy atom. The number of nitrogens with one attached hydrogen (secondary N) is 1. The fraction of sp³-hybridized carbons (Fsp3) is 0.300. The molecular weight excluding hydrogens is 375 g/mol. The van der Waals surface area contributed by atoms with Crippen LogP contribution in [0.4, 0.5) is 18.9 Å². The molecule has 5 nitrogen and oxygen atoms in total. The van der Waals surface area contributed by atoms with E-state index in [1.54, 1.807) is 6.92 Å². The molecule has 2 aromatic carbocycles. The SMILES string of the molecule is CCCOC(=O)C(C)Oc1ccc(C(=O)Nc2cccc(C(F)(F)F)c2)cc1. The van der Waals surface area contributed by atoms with E-state index in [2.05, 4.69) is 5.32 Å². The number of carbonyl (C=O) groups is 2. The molecule has 1 N–H and O–H groups in total. The quantitative estimate of drug-likeness (QED) is 0.692. The van der Waals surface area contributed by atoms with E-state index in [9.17, 15) is 22.8 Å². The molecule has 0 radical (unpaired) electrons. The minimum absolute atomic E-state index is 0.0347. The third-order valence-electron chi connectivity index (χ3n) is 3.66. The van der Waals surface area contributed by atoms with Gasteiger partial charge in [-0.3, -0.25) is 4.79 Å². The van der Waals surface area contributed by atoms with Crippen molar-refractivity contribution in [3.8, 4) is 5.75 Å². The molecule has 0 aliphatic heterocycles. The van der Waals surface area contributed by atoms with E-state index in [0.29, 0.717) is 18.8 Å². The number of esters is 1. The maximum absolute atomic E-state index is 12.7. The molecule has 0 aromatic heterocycles. The van der Waals surface area contributed by atoms with Gasteiger partial charge in [0.25, 0.3) is 5.91 Å². The fourth-order valence-electron chi connectivity index (χ4n) is 2.23. The zero-order chi connectivity index (χ0) is 20.7. The summed E-state index contributed by atoms with van der Waals surface area (Å²) >= 11 is 0. The van der Waals surface area contributed by atoms with Crippen LogP contribution in [0.5, 0.6) is 5.75 Å². The number of anilines is 1. The molecule has 0 heterocycles. The van der Waals surface area contributed by atoms with Gasteiger partial charge in [0.15, 0.2) is 6.10 Å². The first-order chi connectivity index (χ1) is 13.2. The van der Waals surface area contributed by atoms with Crippen molar-refractivity contribution in [2.45, 2.75) is 32.5 Å². The predicted molar refractivity (Wildman–Crippen MR) is 97.2 cm³/mol. The van der Waals surface area contributed by atoms with Crippen LogP contribution in [0.25, 0.3) is 0 Å². The molecule has 2 rings (SSSR count). The molecule has 1 atom stereocenters. The molecule has 0 saturated heterocycles. The Morgan fingerprint density at radius 2 is 1.79 bits per heavy atom. The van der Waals surface area contributed by atoms with Crippen molar-refractivity contribution in [1.82, 2.24) is 0 Å². The number of ether oxygens (including phenoxy) is 2. The Labute approximate surface area is 160 Å². The first-order valence-electron chi connectivity index (χ1n) is 8.62. The predicted octanol–water partition coefficient (Wildman–Crippen LogP) is 4.68. The molecule has 0 spiro atoms. The van der Waals surface area contributed by atoms with Gasteiger partial charge in [-0.15, -0.1) is 0 Å². The maximum atomic E-state index is 12.7. The average Bonchev–Trinajstić information content (AvgIpc) is 2.66. The van der Waals surface area contributed by atoms with Crippen molar-refractivity contribution in [3.63, 3.8) is 0 Å². The molecule has 0 fully saturated rings. The van der Waals surface area contributed by atoms with Crippen molar-refractivity contribution in [3.05, 3.63) is 59.7 Å². The van der Waals surface area contributed by atoms with Gasteiger partial charge in [0, 0.05) is 11.3 Å². The molecule has 0 saturated carbocycles. The highest BCUT2D eigenvalue weighted by molar-refractivity contribution is 6.04. The normalized spacial score (nSPS) is 12.2. The van der Waals surface area contributed by atoms with Gasteiger partial charge in [-0.1, -0.05) is 13.0 Å². The number of amides is 1. The fourth-order valence-corrected chi connectivity index (χ4v) is 2.23. The molecule has 150 valence electrons. The first kappa shape index (κ1) is 21.3. The second-order valence-corrected chi connectivity index (χ2v) is 5.98. The summed E-state index contributed by atoms with van der Waals surface area (Å²) in [5, 5.41) is 2.42. The Balaban J connectivity index is 1.99. The molecule has 0 bridgehead atoms. The van der Waals surface area contributed by atoms with Crippen molar-refractivity contribution >= 4 is 17.6 Å². The Morgan fingerprint density at radius 1 is 1.11 bits per heavy atom. The first-order valence-corrected chi connectivity index (χ1v) is 8.62. The van der Waals surface area contributed by atoms with Gasteiger partial charge in [-0.05, 0) is 55.8 Å². The van der Waals surface area contributed by atoms with E-state index in [1.807, 2.05) is 6.92 Å². The van der Waals surface area contributed by atoms with Gasteiger partial charge < -0.3 is 14.8 Å². The Bertz CT molecular complexity index is 819. The summed E-state index contributed by atoms with van der Waals surface area (Å²) in [5.41, 5.74) is -0.587. The second kappa shape index (κ2) is 9.25. The van der Waals surface area contributed by atoms with Gasteiger partial charge in [-0.2, -0.15) is 13.2 Å². The van der Waals surface area contributed by atoms with Crippen LogP contribution in [0.3, 0.4) is 0 Å². The largest absolute Gasteiger partial charge is 0.479 e. The lowest BCUT2D eigenvalue weighted by atomic mass is 10.1. The van der Waals surface area contributed by atoms with Gasteiger partial charge >= 0.3 is 12.1 Å². The molecule has 28 heavy (non-hydrogen) atoms. The van der Waals surface area contributed by atoms with E-state index in [1.165, 1.54) is 36.4 Å². The van der Waals surface area contributed by atoms with Gasteiger partial charge in [0.05, 0.1) is 12.2 Å². The smallest absolute Gasteiger partial charge is 0.416 e. The van der Waals surface area contributed by atoms with Crippen LogP contribution < -0.4 is 10.1 Å². The molecule has 2 aromatic rings. The molecular formula is C20H20F3NO4. The molecule has 1 unspecified atom stereocenters. The van der Waals surface area contributed by atoms with Crippen LogP contribution in [0.15, 0.2) is 48.5 Å². The highest BCUT2D eigenvalue weighted by atomic mass is 19.4. The number of alkyl halides is 3. The zero-order valence-electron chi connectivity index (χ0n) is 15.4. The summed E-state index contributed by atoms with van der Waals surface area (Å²) in [6, 6.07) is 10.2. The Hall–Kier alpha value is -3.03. The zero-order valence-corrected chi connectivity index (χ0v) is 15.4. The summed E-state index contributed by atoms with van der Waals surface area (Å²) in [5.74, 6) is -0.703. The molecule has 8 heteroatoms. The van der Waals surface area contributed by atoms with E-state index >= 15 is 0 Å². The van der Waals surface area contributed by atoms with E-state index in [4.69, 9.17) is 9.47 Å². The summed E-state index contributed by atoms with van der Waals surface area (Å²) in [4.78, 5) is 23.9. The van der Waals surface area contributed by atoms with Crippen LogP contribution in [0.1, 0.15) is 36.2 Å². The number of rotatable bonds is 7. The van der Waals surface area contributed by atoms with E-state index in [0.717, 1.165) is 12.1 Å². The lowest BCUT2D eigenvalue weighted by Crippen LogP contribution is -2.26. The monoisotopic (exact) mass is 395 g/mol. The lowest BCUT2D eigenvalue weighted by molar-refractivity contribution is -0.151. The standard InChI is InChI=1S/C20H20F3NO4/c1-3-11-27-19(26)13(2)28-17-9-7-14(8-10-17)18(25)24-16-6-4-5-15(12-16)20(21,22)23/h4-10,12-13H,3,11H2,1-2H3,(H,24,25). The highest BCUT2D eigenvalue weighted by Gasteiger charge is 2.30. The highest BCUT2D eigenvalue weighted by Crippen LogP contribution is 2.30. The van der Waals surface area contributed by atoms with Crippen molar-refractivity contribution < 1.29 is 32.2 Å². The van der Waals surface area contributed by atoms with Gasteiger partial charge in [0.1, 0.15) is 5.75 Å². The summed E-state index contributed by atoms with van der Waals surface area (Å²) < 4.78 is 48.7. The number of halogens is 3. The van der Waals surface area contributed by atoms with Gasteiger partial charge in [0.2, 0.25) is 0 Å². The molecule has 0 aliphatic carbocycles. The third kappa shape index (κ3) is 6.00. The van der Waals surface area contributed by atoms with Crippen LogP contribution in [-0.4, -0.2) is 24.6 Å². The number of carbonyl (C=O) groups excluding carboxylic acids is 2. The molecule has 0 aliphatic rings. The van der Waals surface area contributed by atoms with E-state index < -0.39 is 29.7 Å². The Kier molecular flexibility index (Phi) is 7.03. The van der Waals surface area contributed by atoms with Crippen molar-refractivity contribution in [2.75, 3.05) is 11.9 Å². The van der Waals surface area contributed by atoms with Gasteiger partial charge in [-0.25, -0.2) is 4.79 Å². The van der Waals surface area contributed by atoms with Crippen LogP contribution >= 0.6 is 0 Å². The topological polar surface area (TPSA) is 64.6 Å². The van der Waals surface area contributed by atoms with E-state index in [-0.39, 0.29) is 11.3 Å². The van der Waals surface area contributed by atoms with Crippen molar-refractivity contribution in [1.29, 1.82) is 0 Å². The minimum Gasteiger partial charge on any atom is -0.479 e. The average molecular weight is 395 g/mol. The maximum Gasteiger partial charge on any atom is 0.416 e. The summed E-state index contributed by atoms with van der Waals surface area (Å²) in [6.45, 7) is 3.73. The van der Waals surface area contributed by atoms with Crippen LogP contribution in [-0.2, 0) is 15.7 Å². The molecule has 1 amide bonds. The summed E-state index contributed by atoms with van der Waals surface area (Å²) in [6.07, 6.45) is -4.60. The van der Waals surface area contributed by atoms with Crippen molar-refractivity contribution in [2.24, 2.45) is 0 Å². The summed E-state index contributed by atoms with van der Waals surface area (Å²) in [7, 11) is 0.